The first kappa shape index (κ1) is 9.11. The van der Waals surface area contributed by atoms with E-state index < -0.39 is 0 Å². The third-order valence-electron chi connectivity index (χ3n) is 2.10. The Labute approximate surface area is 72.9 Å². The molecule has 0 heterocycles. The number of carbonyl (C=O) groups is 1. The number of hydrogen-bond acceptors (Lipinski definition) is 2. The highest BCUT2D eigenvalue weighted by atomic mass is 32.2. The van der Waals surface area contributed by atoms with Gasteiger partial charge in [-0.3, -0.25) is 4.79 Å². The van der Waals surface area contributed by atoms with Gasteiger partial charge in [0.25, 0.3) is 0 Å². The van der Waals surface area contributed by atoms with Gasteiger partial charge in [-0.25, -0.2) is 0 Å². The molecule has 0 N–H and O–H groups in total. The van der Waals surface area contributed by atoms with Gasteiger partial charge in [0.1, 0.15) is 5.78 Å². The van der Waals surface area contributed by atoms with Gasteiger partial charge in [-0.2, -0.15) is 11.8 Å². The molecule has 1 aliphatic rings. The van der Waals surface area contributed by atoms with Crippen molar-refractivity contribution in [3.05, 3.63) is 0 Å². The first-order chi connectivity index (χ1) is 5.22. The zero-order valence-corrected chi connectivity index (χ0v) is 8.12. The van der Waals surface area contributed by atoms with Crippen LogP contribution in [0.15, 0.2) is 0 Å². The summed E-state index contributed by atoms with van der Waals surface area (Å²) >= 11 is 1.94. The lowest BCUT2D eigenvalue weighted by Gasteiger charge is -2.24. The maximum absolute atomic E-state index is 11.1. The van der Waals surface area contributed by atoms with Crippen molar-refractivity contribution in [2.75, 3.05) is 5.75 Å². The number of Topliss-reactive ketones (excluding diaryl/α,β-unsaturated/α-hetero) is 1. The molecule has 1 saturated carbocycles. The zero-order valence-electron chi connectivity index (χ0n) is 7.30. The molecule has 1 nitrogen and oxygen atoms in total. The Morgan fingerprint density at radius 1 is 1.55 bits per heavy atom. The van der Waals surface area contributed by atoms with E-state index in [0.717, 1.165) is 18.6 Å². The van der Waals surface area contributed by atoms with E-state index in [0.29, 0.717) is 17.0 Å². The summed E-state index contributed by atoms with van der Waals surface area (Å²) in [6.45, 7) is 4.34. The van der Waals surface area contributed by atoms with Crippen molar-refractivity contribution < 1.29 is 4.79 Å². The summed E-state index contributed by atoms with van der Waals surface area (Å²) in [5, 5.41) is 0.622. The average molecular weight is 172 g/mol. The molecule has 11 heavy (non-hydrogen) atoms. The SMILES string of the molecule is CCSC1CC(=O)CC(C)C1. The van der Waals surface area contributed by atoms with Crippen molar-refractivity contribution in [3.63, 3.8) is 0 Å². The molecule has 0 bridgehead atoms. The van der Waals surface area contributed by atoms with Crippen LogP contribution in [0.4, 0.5) is 0 Å². The Hall–Kier alpha value is 0.0200. The molecular weight excluding hydrogens is 156 g/mol. The Kier molecular flexibility index (Phi) is 3.44. The maximum atomic E-state index is 11.1. The van der Waals surface area contributed by atoms with Crippen LogP contribution in [0.1, 0.15) is 33.1 Å². The average Bonchev–Trinajstić information content (AvgIpc) is 1.85. The van der Waals surface area contributed by atoms with Gasteiger partial charge < -0.3 is 0 Å². The fourth-order valence-electron chi connectivity index (χ4n) is 1.70. The minimum Gasteiger partial charge on any atom is -0.300 e. The van der Waals surface area contributed by atoms with Crippen LogP contribution in [0.5, 0.6) is 0 Å². The second-order valence-corrected chi connectivity index (χ2v) is 4.94. The fraction of sp³-hybridized carbons (Fsp3) is 0.889. The molecule has 0 saturated heterocycles. The van der Waals surface area contributed by atoms with E-state index in [1.165, 1.54) is 6.42 Å². The predicted octanol–water partition coefficient (Wildman–Crippen LogP) is 2.50. The van der Waals surface area contributed by atoms with Gasteiger partial charge in [0.15, 0.2) is 0 Å². The molecule has 2 atom stereocenters. The summed E-state index contributed by atoms with van der Waals surface area (Å²) in [6, 6.07) is 0. The molecule has 0 aliphatic heterocycles. The van der Waals surface area contributed by atoms with E-state index in [9.17, 15) is 4.79 Å². The molecule has 2 heteroatoms. The normalized spacial score (nSPS) is 32.4. The molecule has 1 rings (SSSR count). The lowest BCUT2D eigenvalue weighted by Crippen LogP contribution is -2.22. The molecule has 1 fully saturated rings. The van der Waals surface area contributed by atoms with Gasteiger partial charge >= 0.3 is 0 Å². The molecule has 0 amide bonds. The zero-order chi connectivity index (χ0) is 8.27. The smallest absolute Gasteiger partial charge is 0.134 e. The number of thioether (sulfide) groups is 1. The van der Waals surface area contributed by atoms with Crippen molar-refractivity contribution in [1.29, 1.82) is 0 Å². The van der Waals surface area contributed by atoms with Crippen molar-refractivity contribution >= 4 is 17.5 Å². The molecule has 0 aromatic rings. The van der Waals surface area contributed by atoms with Crippen LogP contribution in [0.3, 0.4) is 0 Å². The van der Waals surface area contributed by atoms with Crippen LogP contribution >= 0.6 is 11.8 Å². The van der Waals surface area contributed by atoms with Gasteiger partial charge in [0.2, 0.25) is 0 Å². The van der Waals surface area contributed by atoms with E-state index in [-0.39, 0.29) is 0 Å². The molecular formula is C9H16OS. The van der Waals surface area contributed by atoms with Gasteiger partial charge in [-0.15, -0.1) is 0 Å². The van der Waals surface area contributed by atoms with Crippen molar-refractivity contribution in [1.82, 2.24) is 0 Å². The Morgan fingerprint density at radius 3 is 2.82 bits per heavy atom. The molecule has 0 radical (unpaired) electrons. The highest BCUT2D eigenvalue weighted by Crippen LogP contribution is 2.29. The lowest BCUT2D eigenvalue weighted by atomic mass is 9.89. The molecule has 0 spiro atoms. The standard InChI is InChI=1S/C9H16OS/c1-3-11-9-5-7(2)4-8(10)6-9/h7,9H,3-6H2,1-2H3. The number of carbonyl (C=O) groups excluding carboxylic acids is 1. The summed E-state index contributed by atoms with van der Waals surface area (Å²) in [6.07, 6.45) is 2.88. The highest BCUT2D eigenvalue weighted by molar-refractivity contribution is 7.99. The number of rotatable bonds is 2. The van der Waals surface area contributed by atoms with E-state index in [4.69, 9.17) is 0 Å². The Balaban J connectivity index is 2.36. The summed E-state index contributed by atoms with van der Waals surface area (Å²) in [5.74, 6) is 2.24. The monoisotopic (exact) mass is 172 g/mol. The van der Waals surface area contributed by atoms with E-state index in [2.05, 4.69) is 13.8 Å². The second-order valence-electron chi connectivity index (χ2n) is 3.37. The highest BCUT2D eigenvalue weighted by Gasteiger charge is 2.23. The maximum Gasteiger partial charge on any atom is 0.134 e. The van der Waals surface area contributed by atoms with Crippen LogP contribution < -0.4 is 0 Å². The van der Waals surface area contributed by atoms with Gasteiger partial charge in [0, 0.05) is 18.1 Å². The molecule has 2 unspecified atom stereocenters. The molecule has 0 aromatic heterocycles. The third kappa shape index (κ3) is 2.86. The summed E-state index contributed by atoms with van der Waals surface area (Å²) < 4.78 is 0. The third-order valence-corrected chi connectivity index (χ3v) is 3.26. The largest absolute Gasteiger partial charge is 0.300 e. The Bertz CT molecular complexity index is 144. The molecule has 64 valence electrons. The topological polar surface area (TPSA) is 17.1 Å². The van der Waals surface area contributed by atoms with Crippen LogP contribution in [-0.2, 0) is 4.79 Å². The van der Waals surface area contributed by atoms with Crippen molar-refractivity contribution in [2.45, 2.75) is 38.4 Å². The Morgan fingerprint density at radius 2 is 2.27 bits per heavy atom. The number of hydrogen-bond donors (Lipinski definition) is 0. The van der Waals surface area contributed by atoms with E-state index in [1.807, 2.05) is 11.8 Å². The van der Waals surface area contributed by atoms with Crippen LogP contribution in [-0.4, -0.2) is 16.8 Å². The van der Waals surface area contributed by atoms with Gasteiger partial charge in [-0.05, 0) is 18.1 Å². The fourth-order valence-corrected chi connectivity index (χ4v) is 2.94. The first-order valence-corrected chi connectivity index (χ1v) is 5.40. The quantitative estimate of drug-likeness (QED) is 0.636. The lowest BCUT2D eigenvalue weighted by molar-refractivity contribution is -0.121. The van der Waals surface area contributed by atoms with Crippen LogP contribution in [0.2, 0.25) is 0 Å². The predicted molar refractivity (Wildman–Crippen MR) is 49.9 cm³/mol. The van der Waals surface area contributed by atoms with Gasteiger partial charge in [0.05, 0.1) is 0 Å². The summed E-state index contributed by atoms with van der Waals surface area (Å²) in [4.78, 5) is 11.1. The first-order valence-electron chi connectivity index (χ1n) is 4.35. The number of ketones is 1. The van der Waals surface area contributed by atoms with Crippen LogP contribution in [0, 0.1) is 5.92 Å². The van der Waals surface area contributed by atoms with Crippen molar-refractivity contribution in [2.24, 2.45) is 5.92 Å². The van der Waals surface area contributed by atoms with E-state index in [1.54, 1.807) is 0 Å². The van der Waals surface area contributed by atoms with E-state index >= 15 is 0 Å². The second kappa shape index (κ2) is 4.15. The minimum atomic E-state index is 0.467. The van der Waals surface area contributed by atoms with Gasteiger partial charge in [-0.1, -0.05) is 13.8 Å². The summed E-state index contributed by atoms with van der Waals surface area (Å²) in [5.41, 5.74) is 0. The van der Waals surface area contributed by atoms with Crippen molar-refractivity contribution in [3.8, 4) is 0 Å². The van der Waals surface area contributed by atoms with Crippen LogP contribution in [0.25, 0.3) is 0 Å². The molecule has 0 aromatic carbocycles. The minimum absolute atomic E-state index is 0.467. The molecule has 1 aliphatic carbocycles. The summed E-state index contributed by atoms with van der Waals surface area (Å²) in [7, 11) is 0.